The highest BCUT2D eigenvalue weighted by molar-refractivity contribution is 6.09. The molecule has 0 bridgehead atoms. The first-order valence-electron chi connectivity index (χ1n) is 3.35. The quantitative estimate of drug-likeness (QED) is 0.539. The van der Waals surface area contributed by atoms with Gasteiger partial charge in [0.2, 0.25) is 5.91 Å². The average molecular weight is 169 g/mol. The number of hydrazone groups is 1. The second kappa shape index (κ2) is 2.80. The maximum Gasteiger partial charge on any atom is 0.360 e. The topological polar surface area (TPSA) is 89.9 Å². The molecule has 2 N–H and O–H groups in total. The summed E-state index contributed by atoms with van der Waals surface area (Å²) in [5.74, 6) is -0.655. The predicted octanol–water partition coefficient (Wildman–Crippen LogP) is -1.11. The van der Waals surface area contributed by atoms with E-state index in [-0.39, 0.29) is 0 Å². The summed E-state index contributed by atoms with van der Waals surface area (Å²) in [5, 5.41) is 8.36. The fourth-order valence-electron chi connectivity index (χ4n) is 0.891. The second-order valence-electron chi connectivity index (χ2n) is 2.48. The Morgan fingerprint density at radius 1 is 1.67 bits per heavy atom. The molecule has 6 nitrogen and oxygen atoms in total. The van der Waals surface area contributed by atoms with Crippen LogP contribution in [0.5, 0.6) is 0 Å². The fraction of sp³-hybridized carbons (Fsp3) is 0.500. The summed E-state index contributed by atoms with van der Waals surface area (Å²) in [5.41, 5.74) is 5.42. The molecule has 0 saturated carbocycles. The van der Waals surface area contributed by atoms with Crippen molar-refractivity contribution in [2.24, 2.45) is 10.8 Å². The minimum absolute atomic E-state index is 0.435. The highest BCUT2D eigenvalue weighted by Gasteiger charge is 2.29. The van der Waals surface area contributed by atoms with Gasteiger partial charge in [0.05, 0.1) is 5.71 Å². The molecule has 12 heavy (non-hydrogen) atoms. The molecule has 6 heteroatoms. The van der Waals surface area contributed by atoms with Crippen molar-refractivity contribution in [3.63, 3.8) is 0 Å². The lowest BCUT2D eigenvalue weighted by molar-refractivity contribution is -0.118. The van der Waals surface area contributed by atoms with Crippen molar-refractivity contribution >= 4 is 17.6 Å². The van der Waals surface area contributed by atoms with E-state index in [0.717, 1.165) is 5.01 Å². The highest BCUT2D eigenvalue weighted by Crippen LogP contribution is 2.02. The molecular formula is C6H9N4O2. The van der Waals surface area contributed by atoms with Gasteiger partial charge in [0.25, 0.3) is 0 Å². The van der Waals surface area contributed by atoms with Crippen LogP contribution in [0.25, 0.3) is 0 Å². The van der Waals surface area contributed by atoms with Gasteiger partial charge in [-0.15, -0.1) is 0 Å². The molecule has 0 aromatic rings. The van der Waals surface area contributed by atoms with Gasteiger partial charge in [-0.25, -0.2) is 15.1 Å². The van der Waals surface area contributed by atoms with Gasteiger partial charge in [0, 0.05) is 7.05 Å². The molecule has 65 valence electrons. The lowest BCUT2D eigenvalue weighted by Gasteiger charge is -2.22. The number of carbonyl (C=O) groups is 2. The van der Waals surface area contributed by atoms with Crippen molar-refractivity contribution in [2.75, 3.05) is 7.05 Å². The molecule has 3 amide bonds. The Morgan fingerprint density at radius 3 is 2.75 bits per heavy atom. The van der Waals surface area contributed by atoms with Crippen LogP contribution >= 0.6 is 0 Å². The third-order valence-corrected chi connectivity index (χ3v) is 1.49. The van der Waals surface area contributed by atoms with E-state index in [4.69, 9.17) is 5.73 Å². The van der Waals surface area contributed by atoms with Gasteiger partial charge in [-0.2, -0.15) is 5.10 Å². The van der Waals surface area contributed by atoms with Gasteiger partial charge in [-0.05, 0) is 6.92 Å². The molecule has 0 saturated heterocycles. The molecule has 1 aliphatic rings. The highest BCUT2D eigenvalue weighted by atomic mass is 16.2. The lowest BCUT2D eigenvalue weighted by Crippen LogP contribution is -2.51. The Bertz CT molecular complexity index is 260. The Morgan fingerprint density at radius 2 is 2.25 bits per heavy atom. The number of hydrogen-bond donors (Lipinski definition) is 1. The summed E-state index contributed by atoms with van der Waals surface area (Å²) in [7, 11) is 1.46. The smallest absolute Gasteiger partial charge is 0.360 e. The molecule has 1 unspecified atom stereocenters. The zero-order valence-electron chi connectivity index (χ0n) is 6.81. The Hall–Kier alpha value is -1.59. The first kappa shape index (κ1) is 8.51. The summed E-state index contributed by atoms with van der Waals surface area (Å²) in [6.45, 7) is 1.60. The van der Waals surface area contributed by atoms with Crippen LogP contribution in [0.1, 0.15) is 6.92 Å². The summed E-state index contributed by atoms with van der Waals surface area (Å²) in [4.78, 5) is 21.6. The average Bonchev–Trinajstić information content (AvgIpc) is 1.96. The number of hydrogen-bond acceptors (Lipinski definition) is 3. The number of nitrogens with zero attached hydrogens (tertiary/aromatic N) is 3. The van der Waals surface area contributed by atoms with Crippen LogP contribution in [-0.4, -0.2) is 35.7 Å². The molecule has 1 heterocycles. The van der Waals surface area contributed by atoms with Crippen LogP contribution in [0.15, 0.2) is 5.10 Å². The molecule has 0 fully saturated rings. The van der Waals surface area contributed by atoms with Crippen LogP contribution in [0.3, 0.4) is 0 Å². The number of urea groups is 1. The monoisotopic (exact) mass is 169 g/mol. The van der Waals surface area contributed by atoms with Gasteiger partial charge in [-0.3, -0.25) is 4.79 Å². The van der Waals surface area contributed by atoms with Crippen LogP contribution < -0.4 is 11.1 Å². The van der Waals surface area contributed by atoms with Gasteiger partial charge in [-0.1, -0.05) is 0 Å². The van der Waals surface area contributed by atoms with Crippen molar-refractivity contribution in [3.8, 4) is 0 Å². The van der Waals surface area contributed by atoms with E-state index >= 15 is 0 Å². The number of carbonyl (C=O) groups excluding carboxylic acids is 2. The first-order valence-corrected chi connectivity index (χ1v) is 3.35. The third kappa shape index (κ3) is 1.36. The van der Waals surface area contributed by atoms with Crippen molar-refractivity contribution in [1.29, 1.82) is 0 Å². The number of primary amides is 1. The minimum Gasteiger partial charge on any atom is -0.367 e. The van der Waals surface area contributed by atoms with E-state index in [0.29, 0.717) is 5.71 Å². The van der Waals surface area contributed by atoms with E-state index in [1.54, 1.807) is 6.92 Å². The molecule has 0 aromatic carbocycles. The summed E-state index contributed by atoms with van der Waals surface area (Å²) >= 11 is 0. The van der Waals surface area contributed by atoms with Crippen molar-refractivity contribution in [3.05, 3.63) is 0 Å². The molecule has 0 aliphatic carbocycles. The van der Waals surface area contributed by atoms with E-state index < -0.39 is 18.0 Å². The summed E-state index contributed by atoms with van der Waals surface area (Å²) < 4.78 is 0. The molecular weight excluding hydrogens is 160 g/mol. The molecule has 1 radical (unpaired) electrons. The van der Waals surface area contributed by atoms with Gasteiger partial charge in [0.1, 0.15) is 0 Å². The second-order valence-corrected chi connectivity index (χ2v) is 2.48. The molecule has 1 aliphatic heterocycles. The summed E-state index contributed by atoms with van der Waals surface area (Å²) in [6, 6.07) is -1.45. The zero-order chi connectivity index (χ0) is 9.30. The number of amides is 3. The fourth-order valence-corrected chi connectivity index (χ4v) is 0.891. The van der Waals surface area contributed by atoms with Crippen LogP contribution in [0, 0.1) is 0 Å². The van der Waals surface area contributed by atoms with Crippen LogP contribution in [-0.2, 0) is 4.79 Å². The van der Waals surface area contributed by atoms with Crippen molar-refractivity contribution in [2.45, 2.75) is 13.0 Å². The lowest BCUT2D eigenvalue weighted by atomic mass is 10.2. The predicted molar refractivity (Wildman–Crippen MR) is 41.4 cm³/mol. The molecule has 0 aromatic heterocycles. The standard InChI is InChI=1S/C6H9N4O2/c1-3-4(5(7)11)8-6(12)10(2)9-3/h4H,1-2H3,(H2,7,11). The minimum atomic E-state index is -0.895. The van der Waals surface area contributed by atoms with Gasteiger partial charge < -0.3 is 5.73 Å². The van der Waals surface area contributed by atoms with E-state index in [9.17, 15) is 9.59 Å². The number of rotatable bonds is 1. The number of nitrogens with two attached hydrogens (primary N) is 1. The van der Waals surface area contributed by atoms with Crippen LogP contribution in [0.4, 0.5) is 4.79 Å². The Labute approximate surface area is 69.4 Å². The normalized spacial score (nSPS) is 23.2. The Balaban J connectivity index is 2.88. The van der Waals surface area contributed by atoms with E-state index in [1.165, 1.54) is 7.05 Å². The third-order valence-electron chi connectivity index (χ3n) is 1.49. The van der Waals surface area contributed by atoms with Crippen LogP contribution in [0.2, 0.25) is 0 Å². The van der Waals surface area contributed by atoms with Crippen molar-refractivity contribution < 1.29 is 9.59 Å². The van der Waals surface area contributed by atoms with Gasteiger partial charge >= 0.3 is 6.03 Å². The maximum atomic E-state index is 10.9. The van der Waals surface area contributed by atoms with Gasteiger partial charge in [0.15, 0.2) is 6.04 Å². The Kier molecular flexibility index (Phi) is 1.99. The first-order chi connectivity index (χ1) is 5.52. The molecule has 1 rings (SSSR count). The molecule has 1 atom stereocenters. The summed E-state index contributed by atoms with van der Waals surface area (Å²) in [6.07, 6.45) is 0. The maximum absolute atomic E-state index is 10.9. The zero-order valence-corrected chi connectivity index (χ0v) is 6.81. The largest absolute Gasteiger partial charge is 0.367 e. The van der Waals surface area contributed by atoms with Crippen molar-refractivity contribution in [1.82, 2.24) is 10.3 Å². The van der Waals surface area contributed by atoms with E-state index in [2.05, 4.69) is 10.4 Å². The SMILES string of the molecule is CC1=NN(C)C(=O)[N]C1C(N)=O. The molecule has 0 spiro atoms. The van der Waals surface area contributed by atoms with E-state index in [1.807, 2.05) is 0 Å².